The summed E-state index contributed by atoms with van der Waals surface area (Å²) in [5.74, 6) is -0.712. The van der Waals surface area contributed by atoms with Crippen LogP contribution in [0.1, 0.15) is 36.6 Å². The quantitative estimate of drug-likeness (QED) is 0.171. The molecule has 0 bridgehead atoms. The molecule has 1 aromatic heterocycles. The van der Waals surface area contributed by atoms with Crippen molar-refractivity contribution in [2.24, 2.45) is 4.99 Å². The minimum atomic E-state index is -5.03. The molecule has 46 heavy (non-hydrogen) atoms. The van der Waals surface area contributed by atoms with Crippen LogP contribution in [0, 0.1) is 0 Å². The summed E-state index contributed by atoms with van der Waals surface area (Å²) in [5.41, 5.74) is -1.59. The maximum absolute atomic E-state index is 14.4. The van der Waals surface area contributed by atoms with Crippen LogP contribution >= 0.6 is 46.1 Å². The Balaban J connectivity index is 1.65. The molecule has 4 aromatic rings. The van der Waals surface area contributed by atoms with Gasteiger partial charge in [-0.2, -0.15) is 13.2 Å². The third kappa shape index (κ3) is 6.97. The second-order valence-corrected chi connectivity index (χ2v) is 12.0. The molecule has 0 unspecified atom stereocenters. The van der Waals surface area contributed by atoms with Crippen LogP contribution in [0.15, 0.2) is 81.7 Å². The monoisotopic (exact) mass is 710 g/mol. The number of aromatic nitrogens is 1. The lowest BCUT2D eigenvalue weighted by molar-refractivity contribution is -0.140. The van der Waals surface area contributed by atoms with E-state index in [-0.39, 0.29) is 51.2 Å². The molecule has 1 atom stereocenters. The minimum absolute atomic E-state index is 0.0348. The second kappa shape index (κ2) is 13.9. The number of esters is 1. The van der Waals surface area contributed by atoms with E-state index in [1.54, 1.807) is 31.2 Å². The van der Waals surface area contributed by atoms with Crippen LogP contribution in [0.25, 0.3) is 6.08 Å². The average Bonchev–Trinajstić information content (AvgIpc) is 3.31. The highest BCUT2D eigenvalue weighted by Gasteiger charge is 2.45. The van der Waals surface area contributed by atoms with Gasteiger partial charge in [0.05, 0.1) is 34.4 Å². The Bertz CT molecular complexity index is 2010. The Labute approximate surface area is 279 Å². The number of alkyl halides is 3. The number of benzene rings is 3. The maximum atomic E-state index is 14.4. The van der Waals surface area contributed by atoms with Crippen LogP contribution < -0.4 is 24.4 Å². The molecular formula is C32H24Cl3F3N2O5S. The van der Waals surface area contributed by atoms with E-state index < -0.39 is 35.0 Å². The van der Waals surface area contributed by atoms with E-state index in [9.17, 15) is 22.8 Å². The standard InChI is InChI=1S/C32H24Cl3F3N2O5S/c1-3-43-23-14-17(13-22(35)27(23)45-16-19-7-5-6-8-21(19)34)15-24-29(41)40-26(18-9-11-20(33)12-10-18)25(30(42)44-4-2)28(32(36,37)38)39-31(40)46-24/h5-15,26H,3-4,16H2,1-2H3/b24-15-/t26-/m0/s1. The van der Waals surface area contributed by atoms with Crippen LogP contribution in [0.5, 0.6) is 11.5 Å². The number of hydrogen-bond donors (Lipinski definition) is 0. The van der Waals surface area contributed by atoms with Crippen molar-refractivity contribution in [1.29, 1.82) is 0 Å². The fraction of sp³-hybridized carbons (Fsp3) is 0.219. The molecule has 1 aliphatic rings. The lowest BCUT2D eigenvalue weighted by Crippen LogP contribution is -2.41. The van der Waals surface area contributed by atoms with Crippen molar-refractivity contribution in [3.05, 3.63) is 123 Å². The van der Waals surface area contributed by atoms with Gasteiger partial charge < -0.3 is 14.2 Å². The van der Waals surface area contributed by atoms with Gasteiger partial charge in [-0.3, -0.25) is 9.36 Å². The minimum Gasteiger partial charge on any atom is -0.490 e. The number of ether oxygens (including phenoxy) is 3. The lowest BCUT2D eigenvalue weighted by atomic mass is 9.95. The highest BCUT2D eigenvalue weighted by atomic mass is 35.5. The molecule has 3 aromatic carbocycles. The molecule has 7 nitrogen and oxygen atoms in total. The summed E-state index contributed by atoms with van der Waals surface area (Å²) in [5, 5.41) is 0.996. The van der Waals surface area contributed by atoms with Crippen LogP contribution in [0.2, 0.25) is 15.1 Å². The van der Waals surface area contributed by atoms with E-state index in [2.05, 4.69) is 4.99 Å². The highest BCUT2D eigenvalue weighted by molar-refractivity contribution is 7.07. The van der Waals surface area contributed by atoms with Crippen LogP contribution in [-0.2, 0) is 16.1 Å². The predicted molar refractivity (Wildman–Crippen MR) is 171 cm³/mol. The van der Waals surface area contributed by atoms with Gasteiger partial charge >= 0.3 is 12.1 Å². The Morgan fingerprint density at radius 2 is 1.72 bits per heavy atom. The van der Waals surface area contributed by atoms with Gasteiger partial charge in [-0.05, 0) is 61.4 Å². The van der Waals surface area contributed by atoms with Gasteiger partial charge in [-0.15, -0.1) is 0 Å². The molecule has 5 rings (SSSR count). The largest absolute Gasteiger partial charge is 0.490 e. The molecule has 0 saturated heterocycles. The number of halogens is 6. The van der Waals surface area contributed by atoms with E-state index >= 15 is 0 Å². The normalized spacial score (nSPS) is 15.0. The summed E-state index contributed by atoms with van der Waals surface area (Å²) >= 11 is 19.6. The Morgan fingerprint density at radius 1 is 1.00 bits per heavy atom. The van der Waals surface area contributed by atoms with Crippen molar-refractivity contribution in [2.75, 3.05) is 13.2 Å². The molecule has 0 N–H and O–H groups in total. The fourth-order valence-electron chi connectivity index (χ4n) is 4.79. The first-order chi connectivity index (χ1) is 21.9. The number of nitrogens with zero attached hydrogens (tertiary/aromatic N) is 2. The predicted octanol–water partition coefficient (Wildman–Crippen LogP) is 7.28. The molecule has 0 saturated carbocycles. The molecule has 0 spiro atoms. The van der Waals surface area contributed by atoms with Crippen molar-refractivity contribution in [3.63, 3.8) is 0 Å². The third-order valence-electron chi connectivity index (χ3n) is 6.74. The van der Waals surface area contributed by atoms with Gasteiger partial charge in [-0.25, -0.2) is 9.79 Å². The summed E-state index contributed by atoms with van der Waals surface area (Å²) in [4.78, 5) is 30.4. The van der Waals surface area contributed by atoms with Gasteiger partial charge in [0.2, 0.25) is 0 Å². The number of fused-ring (bicyclic) bond motifs is 1. The first-order valence-corrected chi connectivity index (χ1v) is 15.8. The SMILES string of the molecule is CCOC(=O)C1=C(C(F)(F)F)N=c2s/c(=C\c3cc(Cl)c(OCc4ccccc4Cl)c(OCC)c3)c(=O)n2[C@H]1c1ccc(Cl)cc1. The summed E-state index contributed by atoms with van der Waals surface area (Å²) < 4.78 is 60.9. The molecule has 1 aliphatic heterocycles. The summed E-state index contributed by atoms with van der Waals surface area (Å²) in [6.45, 7) is 3.42. The Morgan fingerprint density at radius 3 is 2.37 bits per heavy atom. The van der Waals surface area contributed by atoms with Gasteiger partial charge in [0.25, 0.3) is 5.56 Å². The maximum Gasteiger partial charge on any atom is 0.434 e. The second-order valence-electron chi connectivity index (χ2n) is 9.76. The molecule has 14 heteroatoms. The molecule has 0 aliphatic carbocycles. The fourth-order valence-corrected chi connectivity index (χ4v) is 6.38. The van der Waals surface area contributed by atoms with Crippen molar-refractivity contribution >= 4 is 58.2 Å². The highest BCUT2D eigenvalue weighted by Crippen LogP contribution is 2.39. The topological polar surface area (TPSA) is 79.1 Å². The zero-order valence-corrected chi connectivity index (χ0v) is 27.2. The van der Waals surface area contributed by atoms with Gasteiger partial charge in [0.15, 0.2) is 22.0 Å². The van der Waals surface area contributed by atoms with Crippen LogP contribution in [0.4, 0.5) is 13.2 Å². The first-order valence-electron chi connectivity index (χ1n) is 13.8. The van der Waals surface area contributed by atoms with Crippen LogP contribution in [0.3, 0.4) is 0 Å². The number of hydrogen-bond acceptors (Lipinski definition) is 7. The van der Waals surface area contributed by atoms with Gasteiger partial charge in [0, 0.05) is 15.6 Å². The van der Waals surface area contributed by atoms with Crippen molar-refractivity contribution in [3.8, 4) is 11.5 Å². The van der Waals surface area contributed by atoms with E-state index in [0.29, 0.717) is 15.6 Å². The summed E-state index contributed by atoms with van der Waals surface area (Å²) in [6.07, 6.45) is -3.57. The molecule has 0 radical (unpaired) electrons. The van der Waals surface area contributed by atoms with Crippen molar-refractivity contribution in [1.82, 2.24) is 4.57 Å². The number of thiazole rings is 1. The van der Waals surface area contributed by atoms with Gasteiger partial charge in [-0.1, -0.05) is 76.5 Å². The van der Waals surface area contributed by atoms with E-state index in [0.717, 1.165) is 21.5 Å². The third-order valence-corrected chi connectivity index (χ3v) is 8.62. The first kappa shape index (κ1) is 33.6. The number of carbonyl (C=O) groups is 1. The van der Waals surface area contributed by atoms with E-state index in [1.807, 2.05) is 6.07 Å². The number of allylic oxidation sites excluding steroid dienone is 1. The van der Waals surface area contributed by atoms with Crippen molar-refractivity contribution in [2.45, 2.75) is 32.7 Å². The molecular weight excluding hydrogens is 688 g/mol. The van der Waals surface area contributed by atoms with E-state index in [4.69, 9.17) is 49.0 Å². The molecule has 0 fully saturated rings. The summed E-state index contributed by atoms with van der Waals surface area (Å²) in [6, 6.07) is 14.6. The van der Waals surface area contributed by atoms with E-state index in [1.165, 1.54) is 43.3 Å². The molecule has 2 heterocycles. The zero-order chi connectivity index (χ0) is 33.2. The number of rotatable bonds is 9. The lowest BCUT2D eigenvalue weighted by Gasteiger charge is -2.26. The molecule has 0 amide bonds. The average molecular weight is 712 g/mol. The zero-order valence-electron chi connectivity index (χ0n) is 24.2. The number of carbonyl (C=O) groups excluding carboxylic acids is 1. The van der Waals surface area contributed by atoms with Gasteiger partial charge in [0.1, 0.15) is 6.61 Å². The van der Waals surface area contributed by atoms with Crippen molar-refractivity contribution < 1.29 is 32.2 Å². The molecule has 240 valence electrons. The van der Waals surface area contributed by atoms with Crippen LogP contribution in [-0.4, -0.2) is 29.9 Å². The summed E-state index contributed by atoms with van der Waals surface area (Å²) in [7, 11) is 0. The Kier molecular flexibility index (Phi) is 10.2. The smallest absolute Gasteiger partial charge is 0.434 e. The Hall–Kier alpha value is -3.77.